The van der Waals surface area contributed by atoms with Crippen LogP contribution in [0.3, 0.4) is 0 Å². The average molecular weight is 354 g/mol. The van der Waals surface area contributed by atoms with Crippen molar-refractivity contribution in [3.63, 3.8) is 0 Å². The van der Waals surface area contributed by atoms with Crippen LogP contribution < -0.4 is 9.47 Å². The fraction of sp³-hybridized carbons (Fsp3) is 0.300. The van der Waals surface area contributed by atoms with E-state index in [1.165, 1.54) is 14.2 Å². The van der Waals surface area contributed by atoms with Crippen molar-refractivity contribution in [2.24, 2.45) is 0 Å². The molecular formula is C10H11IO4S. The van der Waals surface area contributed by atoms with Gasteiger partial charge in [-0.15, -0.1) is 12.6 Å². The van der Waals surface area contributed by atoms with Gasteiger partial charge in [0.15, 0.2) is 11.5 Å². The van der Waals surface area contributed by atoms with E-state index in [0.29, 0.717) is 14.7 Å². The Labute approximate surface area is 112 Å². The summed E-state index contributed by atoms with van der Waals surface area (Å²) < 4.78 is 10.7. The smallest absolute Gasteiger partial charge is 0.220 e. The summed E-state index contributed by atoms with van der Waals surface area (Å²) >= 11 is 5.73. The van der Waals surface area contributed by atoms with E-state index in [9.17, 15) is 9.90 Å². The third kappa shape index (κ3) is 2.08. The van der Waals surface area contributed by atoms with Gasteiger partial charge in [-0.3, -0.25) is 4.79 Å². The average Bonchev–Trinajstić information content (AvgIpc) is 2.24. The van der Waals surface area contributed by atoms with Gasteiger partial charge < -0.3 is 14.6 Å². The van der Waals surface area contributed by atoms with E-state index in [1.54, 1.807) is 6.92 Å². The third-order valence-electron chi connectivity index (χ3n) is 2.18. The van der Waals surface area contributed by atoms with Crippen LogP contribution >= 0.6 is 35.2 Å². The minimum absolute atomic E-state index is 0.0317. The minimum atomic E-state index is -0.425. The topological polar surface area (TPSA) is 55.8 Å². The van der Waals surface area contributed by atoms with Gasteiger partial charge in [-0.25, -0.2) is 0 Å². The monoisotopic (exact) mass is 354 g/mol. The van der Waals surface area contributed by atoms with Gasteiger partial charge in [0, 0.05) is 0 Å². The lowest BCUT2D eigenvalue weighted by Crippen LogP contribution is -2.04. The molecule has 0 aromatic heterocycles. The van der Waals surface area contributed by atoms with Crippen LogP contribution in [-0.2, 0) is 0 Å². The predicted octanol–water partition coefficient (Wildman–Crippen LogP) is 2.39. The van der Waals surface area contributed by atoms with E-state index in [1.807, 2.05) is 22.6 Å². The van der Waals surface area contributed by atoms with Crippen LogP contribution in [0.4, 0.5) is 0 Å². The molecule has 1 rings (SSSR count). The van der Waals surface area contributed by atoms with Gasteiger partial charge in [-0.05, 0) is 35.1 Å². The lowest BCUT2D eigenvalue weighted by atomic mass is 10.1. The lowest BCUT2D eigenvalue weighted by molar-refractivity contribution is 0.108. The summed E-state index contributed by atoms with van der Waals surface area (Å²) in [5.74, 6) is 0.323. The third-order valence-corrected chi connectivity index (χ3v) is 3.73. The Kier molecular flexibility index (Phi) is 4.31. The maximum Gasteiger partial charge on any atom is 0.220 e. The highest BCUT2D eigenvalue weighted by Gasteiger charge is 2.24. The predicted molar refractivity (Wildman–Crippen MR) is 72.0 cm³/mol. The molecule has 0 spiro atoms. The number of carbonyl (C=O) groups excluding carboxylic acids is 1. The Morgan fingerprint density at radius 1 is 1.31 bits per heavy atom. The Bertz CT molecular complexity index is 445. The van der Waals surface area contributed by atoms with Crippen LogP contribution in [0.15, 0.2) is 0 Å². The Morgan fingerprint density at radius 3 is 2.19 bits per heavy atom. The zero-order valence-electron chi connectivity index (χ0n) is 9.00. The number of phenols is 1. The summed E-state index contributed by atoms with van der Waals surface area (Å²) in [5.41, 5.74) is 0.931. The second-order valence-corrected chi connectivity index (χ2v) is 4.52. The number of benzene rings is 1. The van der Waals surface area contributed by atoms with E-state index in [2.05, 4.69) is 12.6 Å². The van der Waals surface area contributed by atoms with E-state index in [4.69, 9.17) is 9.47 Å². The molecular weight excluding hydrogens is 343 g/mol. The standard InChI is InChI=1S/C10H11IO4S/c1-4-5(10(13)16)8(14-2)9(15-3)7(12)6(4)11/h12H,1-3H3,(H,13,16). The first-order valence-electron chi connectivity index (χ1n) is 4.32. The fourth-order valence-electron chi connectivity index (χ4n) is 1.42. The highest BCUT2D eigenvalue weighted by Crippen LogP contribution is 2.45. The molecule has 1 aromatic rings. The molecule has 6 heteroatoms. The van der Waals surface area contributed by atoms with Crippen LogP contribution in [0.1, 0.15) is 15.9 Å². The van der Waals surface area contributed by atoms with Crippen molar-refractivity contribution in [3.8, 4) is 17.2 Å². The second-order valence-electron chi connectivity index (χ2n) is 3.03. The number of halogens is 1. The van der Waals surface area contributed by atoms with E-state index >= 15 is 0 Å². The zero-order chi connectivity index (χ0) is 12.5. The molecule has 1 N–H and O–H groups in total. The highest BCUT2D eigenvalue weighted by molar-refractivity contribution is 14.1. The van der Waals surface area contributed by atoms with Crippen LogP contribution in [0.25, 0.3) is 0 Å². The Balaban J connectivity index is 3.72. The van der Waals surface area contributed by atoms with Crippen LogP contribution in [0.5, 0.6) is 17.2 Å². The summed E-state index contributed by atoms with van der Waals surface area (Å²) in [5, 5.41) is 9.42. The molecule has 0 atom stereocenters. The molecule has 0 bridgehead atoms. The quantitative estimate of drug-likeness (QED) is 0.647. The normalized spacial score (nSPS) is 10.1. The van der Waals surface area contributed by atoms with E-state index < -0.39 is 5.12 Å². The molecule has 0 saturated carbocycles. The van der Waals surface area contributed by atoms with Gasteiger partial charge in [-0.2, -0.15) is 0 Å². The van der Waals surface area contributed by atoms with Crippen molar-refractivity contribution in [2.45, 2.75) is 6.92 Å². The van der Waals surface area contributed by atoms with Crippen LogP contribution in [0.2, 0.25) is 0 Å². The number of phenolic OH excluding ortho intramolecular Hbond substituents is 1. The molecule has 1 aromatic carbocycles. The zero-order valence-corrected chi connectivity index (χ0v) is 12.0. The molecule has 0 unspecified atom stereocenters. The molecule has 88 valence electrons. The number of rotatable bonds is 3. The minimum Gasteiger partial charge on any atom is -0.503 e. The van der Waals surface area contributed by atoms with E-state index in [-0.39, 0.29) is 17.2 Å². The number of hydrogen-bond acceptors (Lipinski definition) is 4. The van der Waals surface area contributed by atoms with Crippen molar-refractivity contribution in [1.29, 1.82) is 0 Å². The van der Waals surface area contributed by atoms with Gasteiger partial charge in [0.1, 0.15) is 0 Å². The SMILES string of the molecule is COc1c(O)c(I)c(C)c(C(=O)S)c1OC. The molecule has 0 heterocycles. The first kappa shape index (κ1) is 13.4. The van der Waals surface area contributed by atoms with Gasteiger partial charge in [0.05, 0.1) is 23.4 Å². The number of methoxy groups -OCH3 is 2. The van der Waals surface area contributed by atoms with Crippen molar-refractivity contribution >= 4 is 40.3 Å². The van der Waals surface area contributed by atoms with Gasteiger partial charge in [0.2, 0.25) is 10.9 Å². The first-order chi connectivity index (χ1) is 7.45. The van der Waals surface area contributed by atoms with Crippen molar-refractivity contribution < 1.29 is 19.4 Å². The highest BCUT2D eigenvalue weighted by atomic mass is 127. The van der Waals surface area contributed by atoms with Crippen molar-refractivity contribution in [3.05, 3.63) is 14.7 Å². The van der Waals surface area contributed by atoms with Gasteiger partial charge >= 0.3 is 0 Å². The van der Waals surface area contributed by atoms with Crippen molar-refractivity contribution in [2.75, 3.05) is 14.2 Å². The summed E-state index contributed by atoms with van der Waals surface area (Å²) in [6.45, 7) is 1.72. The molecule has 4 nitrogen and oxygen atoms in total. The van der Waals surface area contributed by atoms with Crippen molar-refractivity contribution in [1.82, 2.24) is 0 Å². The number of carbonyl (C=O) groups is 1. The molecule has 0 fully saturated rings. The maximum atomic E-state index is 11.4. The summed E-state index contributed by atoms with van der Waals surface area (Å²) in [6.07, 6.45) is 0. The van der Waals surface area contributed by atoms with Gasteiger partial charge in [-0.1, -0.05) is 0 Å². The molecule has 16 heavy (non-hydrogen) atoms. The van der Waals surface area contributed by atoms with Crippen LogP contribution in [0, 0.1) is 10.5 Å². The van der Waals surface area contributed by atoms with Gasteiger partial charge in [0.25, 0.3) is 0 Å². The molecule has 0 aliphatic carbocycles. The van der Waals surface area contributed by atoms with E-state index in [0.717, 1.165) is 0 Å². The summed E-state index contributed by atoms with van der Waals surface area (Å²) in [4.78, 5) is 11.4. The summed E-state index contributed by atoms with van der Waals surface area (Å²) in [7, 11) is 2.81. The molecule has 0 aliphatic rings. The lowest BCUT2D eigenvalue weighted by Gasteiger charge is -2.16. The number of aromatic hydroxyl groups is 1. The number of hydrogen-bond donors (Lipinski definition) is 2. The molecule has 0 amide bonds. The summed E-state index contributed by atoms with van der Waals surface area (Å²) in [6, 6.07) is 0. The number of thiol groups is 1. The molecule has 0 aliphatic heterocycles. The Morgan fingerprint density at radius 2 is 1.81 bits per heavy atom. The molecule has 0 radical (unpaired) electrons. The second kappa shape index (κ2) is 5.13. The Hall–Kier alpha value is -0.630. The molecule has 0 saturated heterocycles. The largest absolute Gasteiger partial charge is 0.503 e. The number of ether oxygens (including phenoxy) is 2. The maximum absolute atomic E-state index is 11.4. The fourth-order valence-corrected chi connectivity index (χ4v) is 2.20. The first-order valence-corrected chi connectivity index (χ1v) is 5.84. The van der Waals surface area contributed by atoms with Crippen LogP contribution in [-0.4, -0.2) is 24.4 Å².